The molecule has 10 heteroatoms. The minimum atomic E-state index is -5.22. The van der Waals surface area contributed by atoms with Crippen molar-refractivity contribution in [2.75, 3.05) is 26.1 Å². The molecule has 1 aromatic rings. The van der Waals surface area contributed by atoms with E-state index < -0.39 is 23.9 Å². The van der Waals surface area contributed by atoms with Crippen molar-refractivity contribution < 1.29 is 37.0 Å². The zero-order valence-corrected chi connectivity index (χ0v) is 14.6. The van der Waals surface area contributed by atoms with E-state index in [-0.39, 0.29) is 12.3 Å². The predicted molar refractivity (Wildman–Crippen MR) is 86.8 cm³/mol. The topological polar surface area (TPSA) is 85.9 Å². The average molecular weight is 378 g/mol. The number of amides is 1. The van der Waals surface area contributed by atoms with Crippen molar-refractivity contribution in [3.05, 3.63) is 24.3 Å². The van der Waals surface area contributed by atoms with Gasteiger partial charge in [-0.2, -0.15) is 13.2 Å². The SMILES string of the molecule is CCCCOC(=O)NC(Nc1ccc(OC)cc1)(C(=O)OC)C(F)(F)F. The number of alkyl carbamates (subject to hydrolysis) is 1. The number of nitrogens with one attached hydrogen (secondary N) is 2. The number of unbranched alkanes of at least 4 members (excludes halogenated alkanes) is 1. The van der Waals surface area contributed by atoms with E-state index in [0.29, 0.717) is 18.6 Å². The van der Waals surface area contributed by atoms with Crippen LogP contribution in [0.4, 0.5) is 23.7 Å². The molecule has 0 saturated carbocycles. The number of benzene rings is 1. The molecule has 0 bridgehead atoms. The first-order valence-corrected chi connectivity index (χ1v) is 7.72. The van der Waals surface area contributed by atoms with Gasteiger partial charge in [0.25, 0.3) is 0 Å². The summed E-state index contributed by atoms with van der Waals surface area (Å²) >= 11 is 0. The fourth-order valence-corrected chi connectivity index (χ4v) is 1.93. The van der Waals surface area contributed by atoms with Gasteiger partial charge in [-0.15, -0.1) is 0 Å². The highest BCUT2D eigenvalue weighted by molar-refractivity contribution is 5.89. The first-order chi connectivity index (χ1) is 12.2. The Morgan fingerprint density at radius 2 is 1.73 bits per heavy atom. The molecule has 7 nitrogen and oxygen atoms in total. The lowest BCUT2D eigenvalue weighted by Gasteiger charge is -2.34. The number of hydrogen-bond donors (Lipinski definition) is 2. The highest BCUT2D eigenvalue weighted by Crippen LogP contribution is 2.33. The van der Waals surface area contributed by atoms with Crippen LogP contribution in [0.5, 0.6) is 5.75 Å². The van der Waals surface area contributed by atoms with Crippen LogP contribution in [0.1, 0.15) is 19.8 Å². The first kappa shape index (κ1) is 21.4. The number of anilines is 1. The van der Waals surface area contributed by atoms with Crippen LogP contribution in [0.15, 0.2) is 24.3 Å². The third kappa shape index (κ3) is 5.17. The number of alkyl halides is 3. The maximum absolute atomic E-state index is 13.7. The van der Waals surface area contributed by atoms with E-state index in [1.54, 1.807) is 5.32 Å². The van der Waals surface area contributed by atoms with Crippen LogP contribution < -0.4 is 15.4 Å². The third-order valence-corrected chi connectivity index (χ3v) is 3.36. The molecule has 1 atom stereocenters. The molecule has 1 rings (SSSR count). The van der Waals surface area contributed by atoms with Crippen molar-refractivity contribution in [1.82, 2.24) is 5.32 Å². The molecule has 0 spiro atoms. The van der Waals surface area contributed by atoms with Crippen LogP contribution in [0.2, 0.25) is 0 Å². The van der Waals surface area contributed by atoms with Gasteiger partial charge in [0, 0.05) is 5.69 Å². The van der Waals surface area contributed by atoms with Crippen molar-refractivity contribution in [2.24, 2.45) is 0 Å². The Morgan fingerprint density at radius 1 is 1.12 bits per heavy atom. The summed E-state index contributed by atoms with van der Waals surface area (Å²) in [6, 6.07) is 5.29. The van der Waals surface area contributed by atoms with Gasteiger partial charge in [0.15, 0.2) is 0 Å². The summed E-state index contributed by atoms with van der Waals surface area (Å²) in [6.07, 6.45) is -5.47. The number of ether oxygens (including phenoxy) is 3. The van der Waals surface area contributed by atoms with E-state index in [2.05, 4.69) is 9.47 Å². The number of halogens is 3. The molecule has 0 fully saturated rings. The zero-order chi connectivity index (χ0) is 19.8. The summed E-state index contributed by atoms with van der Waals surface area (Å²) in [6.45, 7) is 1.74. The fourth-order valence-electron chi connectivity index (χ4n) is 1.93. The average Bonchev–Trinajstić information content (AvgIpc) is 2.60. The number of carbonyl (C=O) groups is 2. The van der Waals surface area contributed by atoms with Gasteiger partial charge in [-0.1, -0.05) is 13.3 Å². The standard InChI is InChI=1S/C16H21F3N2O5/c1-4-5-10-26-14(23)21-15(13(22)25-3,16(17,18)19)20-11-6-8-12(24-2)9-7-11/h6-9,20H,4-5,10H2,1-3H3,(H,21,23). The van der Waals surface area contributed by atoms with Crippen LogP contribution in [0.25, 0.3) is 0 Å². The van der Waals surface area contributed by atoms with E-state index in [9.17, 15) is 22.8 Å². The summed E-state index contributed by atoms with van der Waals surface area (Å²) in [7, 11) is 2.17. The van der Waals surface area contributed by atoms with Crippen LogP contribution in [0.3, 0.4) is 0 Å². The van der Waals surface area contributed by atoms with E-state index >= 15 is 0 Å². The number of carbonyl (C=O) groups excluding carboxylic acids is 2. The molecule has 0 aromatic heterocycles. The highest BCUT2D eigenvalue weighted by Gasteiger charge is 2.64. The number of methoxy groups -OCH3 is 2. The smallest absolute Gasteiger partial charge is 0.442 e. The van der Waals surface area contributed by atoms with Crippen molar-refractivity contribution >= 4 is 17.7 Å². The molecule has 0 aliphatic heterocycles. The molecule has 26 heavy (non-hydrogen) atoms. The first-order valence-electron chi connectivity index (χ1n) is 7.72. The van der Waals surface area contributed by atoms with Gasteiger partial charge in [-0.3, -0.25) is 5.32 Å². The summed E-state index contributed by atoms with van der Waals surface area (Å²) in [5, 5.41) is 3.54. The molecule has 0 aliphatic carbocycles. The second-order valence-corrected chi connectivity index (χ2v) is 5.21. The van der Waals surface area contributed by atoms with Gasteiger partial charge in [-0.25, -0.2) is 9.59 Å². The van der Waals surface area contributed by atoms with Gasteiger partial charge in [0.05, 0.1) is 20.8 Å². The molecule has 0 heterocycles. The maximum Gasteiger partial charge on any atom is 0.442 e. The fraction of sp³-hybridized carbons (Fsp3) is 0.500. The summed E-state index contributed by atoms with van der Waals surface area (Å²) in [4.78, 5) is 23.8. The molecular formula is C16H21F3N2O5. The van der Waals surface area contributed by atoms with Crippen LogP contribution in [0, 0.1) is 0 Å². The summed E-state index contributed by atoms with van der Waals surface area (Å²) in [5.41, 5.74) is -3.61. The maximum atomic E-state index is 13.7. The number of hydrogen-bond acceptors (Lipinski definition) is 6. The molecule has 2 N–H and O–H groups in total. The largest absolute Gasteiger partial charge is 0.497 e. The molecule has 1 amide bonds. The van der Waals surface area contributed by atoms with E-state index in [1.165, 1.54) is 31.4 Å². The summed E-state index contributed by atoms with van der Waals surface area (Å²) < 4.78 is 55.1. The lowest BCUT2D eigenvalue weighted by atomic mass is 10.1. The van der Waals surface area contributed by atoms with Crippen molar-refractivity contribution in [1.29, 1.82) is 0 Å². The lowest BCUT2D eigenvalue weighted by molar-refractivity contribution is -0.203. The second kappa shape index (κ2) is 9.16. The van der Waals surface area contributed by atoms with Gasteiger partial charge < -0.3 is 19.5 Å². The van der Waals surface area contributed by atoms with Gasteiger partial charge in [0.2, 0.25) is 0 Å². The Hall–Kier alpha value is -2.65. The van der Waals surface area contributed by atoms with E-state index in [4.69, 9.17) is 4.74 Å². The number of esters is 1. The minimum Gasteiger partial charge on any atom is -0.497 e. The normalized spacial score (nSPS) is 13.3. The minimum absolute atomic E-state index is 0.0834. The van der Waals surface area contributed by atoms with Gasteiger partial charge in [-0.05, 0) is 30.7 Å². The molecular weight excluding hydrogens is 357 g/mol. The van der Waals surface area contributed by atoms with Gasteiger partial charge in [0.1, 0.15) is 5.75 Å². The lowest BCUT2D eigenvalue weighted by Crippen LogP contribution is -2.69. The monoisotopic (exact) mass is 378 g/mol. The number of rotatable bonds is 8. The van der Waals surface area contributed by atoms with Crippen molar-refractivity contribution in [3.63, 3.8) is 0 Å². The molecule has 0 radical (unpaired) electrons. The Kier molecular flexibility index (Phi) is 7.54. The van der Waals surface area contributed by atoms with Crippen LogP contribution >= 0.6 is 0 Å². The second-order valence-electron chi connectivity index (χ2n) is 5.21. The Labute approximate surface area is 148 Å². The van der Waals surface area contributed by atoms with Gasteiger partial charge >= 0.3 is 23.9 Å². The Morgan fingerprint density at radius 3 is 2.19 bits per heavy atom. The van der Waals surface area contributed by atoms with E-state index in [0.717, 1.165) is 7.11 Å². The molecule has 1 aromatic carbocycles. The molecule has 146 valence electrons. The molecule has 0 aliphatic rings. The zero-order valence-electron chi connectivity index (χ0n) is 14.6. The third-order valence-electron chi connectivity index (χ3n) is 3.36. The quantitative estimate of drug-likeness (QED) is 0.411. The highest BCUT2D eigenvalue weighted by atomic mass is 19.4. The Bertz CT molecular complexity index is 607. The summed E-state index contributed by atoms with van der Waals surface area (Å²) in [5.74, 6) is -1.34. The van der Waals surface area contributed by atoms with E-state index in [1.807, 2.05) is 12.2 Å². The predicted octanol–water partition coefficient (Wildman–Crippen LogP) is 3.07. The Balaban J connectivity index is 3.16. The van der Waals surface area contributed by atoms with Crippen LogP contribution in [-0.2, 0) is 14.3 Å². The molecule has 1 unspecified atom stereocenters. The van der Waals surface area contributed by atoms with Crippen LogP contribution in [-0.4, -0.2) is 44.7 Å². The van der Waals surface area contributed by atoms with Crippen molar-refractivity contribution in [2.45, 2.75) is 31.6 Å². The molecule has 0 saturated heterocycles. The van der Waals surface area contributed by atoms with Crippen molar-refractivity contribution in [3.8, 4) is 5.75 Å².